The second kappa shape index (κ2) is 9.98. The molecule has 8 heteroatoms. The number of esters is 1. The van der Waals surface area contributed by atoms with Crippen LogP contribution in [0.3, 0.4) is 0 Å². The molecule has 2 saturated heterocycles. The molecule has 32 heavy (non-hydrogen) atoms. The van der Waals surface area contributed by atoms with Gasteiger partial charge in [0.25, 0.3) is 0 Å². The van der Waals surface area contributed by atoms with Gasteiger partial charge in [-0.05, 0) is 57.7 Å². The number of anilines is 2. The molecule has 2 aliphatic rings. The molecule has 3 rings (SSSR count). The van der Waals surface area contributed by atoms with Crippen LogP contribution in [0.15, 0.2) is 12.1 Å². The summed E-state index contributed by atoms with van der Waals surface area (Å²) >= 11 is 0. The van der Waals surface area contributed by atoms with Crippen molar-refractivity contribution in [1.29, 1.82) is 0 Å². The van der Waals surface area contributed by atoms with E-state index in [0.717, 1.165) is 56.7 Å². The van der Waals surface area contributed by atoms with E-state index >= 15 is 0 Å². The first kappa shape index (κ1) is 24.2. The fourth-order valence-corrected chi connectivity index (χ4v) is 4.58. The summed E-state index contributed by atoms with van der Waals surface area (Å²) < 4.78 is 10.4. The number of nitrogen functional groups attached to an aromatic ring is 1. The summed E-state index contributed by atoms with van der Waals surface area (Å²) in [5, 5.41) is 0. The number of aryl methyl sites for hydroxylation is 1. The van der Waals surface area contributed by atoms with Gasteiger partial charge in [-0.2, -0.15) is 0 Å². The van der Waals surface area contributed by atoms with Gasteiger partial charge >= 0.3 is 12.1 Å². The highest BCUT2D eigenvalue weighted by Crippen LogP contribution is 2.31. The van der Waals surface area contributed by atoms with E-state index in [1.807, 2.05) is 37.8 Å². The SMILES string of the molecule is CCc1cc(N)c(C(=O)OC)cc1N1CCC(N2CCN(C(=O)OC(C)(C)C)CC2)CC1. The maximum absolute atomic E-state index is 12.3. The molecule has 0 saturated carbocycles. The van der Waals surface area contributed by atoms with Crippen molar-refractivity contribution in [3.8, 4) is 0 Å². The number of amides is 1. The molecule has 0 spiro atoms. The van der Waals surface area contributed by atoms with Crippen LogP contribution in [-0.4, -0.2) is 79.9 Å². The molecule has 0 bridgehead atoms. The largest absolute Gasteiger partial charge is 0.465 e. The minimum atomic E-state index is -0.464. The van der Waals surface area contributed by atoms with Crippen LogP contribution in [0.25, 0.3) is 0 Å². The molecule has 1 amide bonds. The summed E-state index contributed by atoms with van der Waals surface area (Å²) in [6.07, 6.45) is 2.73. The Hall–Kier alpha value is -2.48. The number of methoxy groups -OCH3 is 1. The number of piperazine rings is 1. The zero-order chi connectivity index (χ0) is 23.5. The van der Waals surface area contributed by atoms with Gasteiger partial charge in [-0.1, -0.05) is 6.92 Å². The van der Waals surface area contributed by atoms with Crippen LogP contribution in [0.5, 0.6) is 0 Å². The van der Waals surface area contributed by atoms with Crippen molar-refractivity contribution in [2.24, 2.45) is 0 Å². The van der Waals surface area contributed by atoms with Crippen LogP contribution in [0, 0.1) is 0 Å². The lowest BCUT2D eigenvalue weighted by Crippen LogP contribution is -2.55. The Morgan fingerprint density at radius 1 is 1.06 bits per heavy atom. The summed E-state index contributed by atoms with van der Waals surface area (Å²) in [4.78, 5) is 31.1. The molecule has 178 valence electrons. The Kier molecular flexibility index (Phi) is 7.54. The standard InChI is InChI=1S/C24H38N4O4/c1-6-17-15-20(25)19(22(29)31-5)16-21(17)27-9-7-18(8-10-27)26-11-13-28(14-12-26)23(30)32-24(2,3)4/h15-16,18H,6-14,25H2,1-5H3. The fraction of sp³-hybridized carbons (Fsp3) is 0.667. The predicted molar refractivity (Wildman–Crippen MR) is 126 cm³/mol. The van der Waals surface area contributed by atoms with Crippen molar-refractivity contribution in [2.75, 3.05) is 57.0 Å². The Balaban J connectivity index is 1.58. The summed E-state index contributed by atoms with van der Waals surface area (Å²) in [7, 11) is 1.38. The van der Waals surface area contributed by atoms with Crippen LogP contribution < -0.4 is 10.6 Å². The van der Waals surface area contributed by atoms with Gasteiger partial charge in [0.05, 0.1) is 12.7 Å². The molecule has 0 atom stereocenters. The summed E-state index contributed by atoms with van der Waals surface area (Å²) in [5.74, 6) is -0.399. The van der Waals surface area contributed by atoms with Gasteiger partial charge in [-0.15, -0.1) is 0 Å². The zero-order valence-electron chi connectivity index (χ0n) is 20.1. The minimum Gasteiger partial charge on any atom is -0.465 e. The number of carbonyl (C=O) groups is 2. The second-order valence-corrected chi connectivity index (χ2v) is 9.63. The van der Waals surface area contributed by atoms with Gasteiger partial charge in [-0.3, -0.25) is 4.90 Å². The number of piperidine rings is 1. The summed E-state index contributed by atoms with van der Waals surface area (Å²) in [6.45, 7) is 12.8. The number of carbonyl (C=O) groups excluding carboxylic acids is 2. The Labute approximate surface area is 191 Å². The van der Waals surface area contributed by atoms with Gasteiger partial charge < -0.3 is 25.0 Å². The molecule has 0 radical (unpaired) electrons. The van der Waals surface area contributed by atoms with E-state index in [9.17, 15) is 9.59 Å². The average Bonchev–Trinajstić information content (AvgIpc) is 2.77. The van der Waals surface area contributed by atoms with Crippen molar-refractivity contribution in [1.82, 2.24) is 9.80 Å². The lowest BCUT2D eigenvalue weighted by atomic mass is 9.98. The number of nitrogens with two attached hydrogens (primary N) is 1. The van der Waals surface area contributed by atoms with Gasteiger partial charge in [-0.25, -0.2) is 9.59 Å². The maximum atomic E-state index is 12.3. The van der Waals surface area contributed by atoms with Crippen molar-refractivity contribution >= 4 is 23.4 Å². The van der Waals surface area contributed by atoms with Crippen molar-refractivity contribution in [2.45, 2.75) is 58.6 Å². The second-order valence-electron chi connectivity index (χ2n) is 9.63. The lowest BCUT2D eigenvalue weighted by Gasteiger charge is -2.43. The van der Waals surface area contributed by atoms with Crippen LogP contribution in [-0.2, 0) is 15.9 Å². The first-order valence-corrected chi connectivity index (χ1v) is 11.6. The third-order valence-corrected chi connectivity index (χ3v) is 6.32. The minimum absolute atomic E-state index is 0.219. The number of benzene rings is 1. The highest BCUT2D eigenvalue weighted by atomic mass is 16.6. The third kappa shape index (κ3) is 5.65. The van der Waals surface area contributed by atoms with E-state index in [2.05, 4.69) is 16.7 Å². The maximum Gasteiger partial charge on any atom is 0.410 e. The normalized spacial score (nSPS) is 18.5. The molecule has 0 aliphatic carbocycles. The molecule has 2 fully saturated rings. The molecule has 0 unspecified atom stereocenters. The first-order chi connectivity index (χ1) is 15.1. The Bertz CT molecular complexity index is 820. The highest BCUT2D eigenvalue weighted by Gasteiger charge is 2.31. The zero-order valence-corrected chi connectivity index (χ0v) is 20.1. The van der Waals surface area contributed by atoms with Gasteiger partial charge in [0, 0.05) is 56.7 Å². The lowest BCUT2D eigenvalue weighted by molar-refractivity contribution is 0.00901. The number of ether oxygens (including phenoxy) is 2. The van der Waals surface area contributed by atoms with Crippen LogP contribution in [0.4, 0.5) is 16.2 Å². The average molecular weight is 447 g/mol. The summed E-state index contributed by atoms with van der Waals surface area (Å²) in [6, 6.07) is 4.30. The molecule has 8 nitrogen and oxygen atoms in total. The van der Waals surface area contributed by atoms with E-state index in [-0.39, 0.29) is 6.09 Å². The van der Waals surface area contributed by atoms with E-state index < -0.39 is 11.6 Å². The highest BCUT2D eigenvalue weighted by molar-refractivity contribution is 5.96. The molecule has 2 N–H and O–H groups in total. The Morgan fingerprint density at radius 2 is 1.69 bits per heavy atom. The van der Waals surface area contributed by atoms with Crippen molar-refractivity contribution in [3.63, 3.8) is 0 Å². The van der Waals surface area contributed by atoms with Crippen molar-refractivity contribution in [3.05, 3.63) is 23.3 Å². The fourth-order valence-electron chi connectivity index (χ4n) is 4.58. The monoisotopic (exact) mass is 446 g/mol. The quantitative estimate of drug-likeness (QED) is 0.561. The van der Waals surface area contributed by atoms with Crippen LogP contribution in [0.1, 0.15) is 56.5 Å². The number of hydrogen-bond acceptors (Lipinski definition) is 7. The van der Waals surface area contributed by atoms with Crippen LogP contribution in [0.2, 0.25) is 0 Å². The molecular formula is C24H38N4O4. The molecule has 2 aliphatic heterocycles. The van der Waals surface area contributed by atoms with E-state index in [4.69, 9.17) is 15.2 Å². The molecule has 2 heterocycles. The molecule has 1 aromatic rings. The number of hydrogen-bond donors (Lipinski definition) is 1. The van der Waals surface area contributed by atoms with Gasteiger partial charge in [0.15, 0.2) is 0 Å². The third-order valence-electron chi connectivity index (χ3n) is 6.32. The summed E-state index contributed by atoms with van der Waals surface area (Å²) in [5.41, 5.74) is 8.76. The first-order valence-electron chi connectivity index (χ1n) is 11.6. The number of nitrogens with zero attached hydrogens (tertiary/aromatic N) is 3. The topological polar surface area (TPSA) is 88.3 Å². The van der Waals surface area contributed by atoms with E-state index in [0.29, 0.717) is 30.4 Å². The van der Waals surface area contributed by atoms with Crippen LogP contribution >= 0.6 is 0 Å². The van der Waals surface area contributed by atoms with Crippen molar-refractivity contribution < 1.29 is 19.1 Å². The van der Waals surface area contributed by atoms with Gasteiger partial charge in [0.1, 0.15) is 5.60 Å². The smallest absolute Gasteiger partial charge is 0.410 e. The molecule has 0 aromatic heterocycles. The van der Waals surface area contributed by atoms with E-state index in [1.54, 1.807) is 0 Å². The Morgan fingerprint density at radius 3 is 2.22 bits per heavy atom. The van der Waals surface area contributed by atoms with E-state index in [1.165, 1.54) is 7.11 Å². The molecule has 1 aromatic carbocycles. The predicted octanol–water partition coefficient (Wildman–Crippen LogP) is 3.14. The number of rotatable bonds is 4. The molecular weight excluding hydrogens is 408 g/mol. The van der Waals surface area contributed by atoms with Gasteiger partial charge in [0.2, 0.25) is 0 Å².